The molecule has 0 amide bonds. The van der Waals surface area contributed by atoms with E-state index in [1.807, 2.05) is 0 Å². The fraction of sp³-hybridized carbons (Fsp3) is 0.0588. The minimum Gasteiger partial charge on any atom is -0.310 e. The lowest BCUT2D eigenvalue weighted by atomic mass is 9.81. The van der Waals surface area contributed by atoms with E-state index < -0.39 is 0 Å². The summed E-state index contributed by atoms with van der Waals surface area (Å²) in [7, 11) is 0. The van der Waals surface area contributed by atoms with Crippen LogP contribution in [0.3, 0.4) is 0 Å². The van der Waals surface area contributed by atoms with Crippen LogP contribution in [0.15, 0.2) is 180 Å². The fourth-order valence-electron chi connectivity index (χ4n) is 9.21. The second kappa shape index (κ2) is 11.7. The molecule has 1 aliphatic carbocycles. The number of anilines is 3. The van der Waals surface area contributed by atoms with Crippen LogP contribution in [-0.4, -0.2) is 4.57 Å². The predicted molar refractivity (Wildman–Crippen MR) is 232 cm³/mol. The lowest BCUT2D eigenvalue weighted by molar-refractivity contribution is 0.660. The highest BCUT2D eigenvalue weighted by molar-refractivity contribution is 9.10. The van der Waals surface area contributed by atoms with Gasteiger partial charge in [0, 0.05) is 43.1 Å². The Kier molecular flexibility index (Phi) is 6.78. The van der Waals surface area contributed by atoms with Gasteiger partial charge in [-0.1, -0.05) is 133 Å². The Labute approximate surface area is 323 Å². The van der Waals surface area contributed by atoms with Crippen LogP contribution in [0.2, 0.25) is 0 Å². The van der Waals surface area contributed by atoms with Crippen LogP contribution in [0.5, 0.6) is 0 Å². The molecule has 3 heteroatoms. The average Bonchev–Trinajstić information content (AvgIpc) is 3.65. The van der Waals surface area contributed by atoms with Gasteiger partial charge in [-0.2, -0.15) is 0 Å². The molecule has 0 atom stereocenters. The molecule has 0 saturated carbocycles. The average molecular weight is 756 g/mol. The smallest absolute Gasteiger partial charge is 0.0558 e. The number of rotatable bonds is 5. The first kappa shape index (κ1) is 31.4. The van der Waals surface area contributed by atoms with Crippen molar-refractivity contribution in [2.75, 3.05) is 4.90 Å². The summed E-state index contributed by atoms with van der Waals surface area (Å²) in [5.74, 6) is 0. The number of fused-ring (bicyclic) bond motifs is 4. The maximum absolute atomic E-state index is 3.81. The molecule has 256 valence electrons. The number of hydrogen-bond donors (Lipinski definition) is 0. The third kappa shape index (κ3) is 4.58. The first-order valence-corrected chi connectivity index (χ1v) is 19.4. The molecular weight excluding hydrogens is 720 g/mol. The summed E-state index contributed by atoms with van der Waals surface area (Å²) in [5.41, 5.74) is 14.7. The van der Waals surface area contributed by atoms with Crippen molar-refractivity contribution < 1.29 is 0 Å². The summed E-state index contributed by atoms with van der Waals surface area (Å²) in [6.07, 6.45) is 0. The van der Waals surface area contributed by atoms with Crippen molar-refractivity contribution >= 4 is 76.3 Å². The van der Waals surface area contributed by atoms with Crippen molar-refractivity contribution in [3.8, 4) is 27.9 Å². The second-order valence-corrected chi connectivity index (χ2v) is 16.1. The van der Waals surface area contributed by atoms with Crippen LogP contribution in [0.4, 0.5) is 17.1 Å². The number of hydrogen-bond acceptors (Lipinski definition) is 1. The molecule has 54 heavy (non-hydrogen) atoms. The van der Waals surface area contributed by atoms with E-state index in [2.05, 4.69) is 215 Å². The van der Waals surface area contributed by atoms with Gasteiger partial charge in [0.25, 0.3) is 0 Å². The van der Waals surface area contributed by atoms with Crippen LogP contribution in [0.1, 0.15) is 25.0 Å². The molecule has 0 N–H and O–H groups in total. The highest BCUT2D eigenvalue weighted by Crippen LogP contribution is 2.52. The maximum Gasteiger partial charge on any atom is 0.0558 e. The van der Waals surface area contributed by atoms with Crippen LogP contribution < -0.4 is 4.90 Å². The second-order valence-electron chi connectivity index (χ2n) is 15.1. The highest BCUT2D eigenvalue weighted by atomic mass is 79.9. The van der Waals surface area contributed by atoms with E-state index in [9.17, 15) is 0 Å². The van der Waals surface area contributed by atoms with E-state index in [-0.39, 0.29) is 5.41 Å². The first-order chi connectivity index (χ1) is 26.4. The predicted octanol–water partition coefficient (Wildman–Crippen LogP) is 14.7. The number of aromatic nitrogens is 1. The molecule has 0 unspecified atom stereocenters. The molecule has 0 spiro atoms. The van der Waals surface area contributed by atoms with Crippen LogP contribution in [-0.2, 0) is 5.41 Å². The lowest BCUT2D eigenvalue weighted by Crippen LogP contribution is -2.16. The quantitative estimate of drug-likeness (QED) is 0.159. The summed E-state index contributed by atoms with van der Waals surface area (Å²) in [6, 6.07) is 64.8. The van der Waals surface area contributed by atoms with Crippen LogP contribution >= 0.6 is 15.9 Å². The molecule has 2 nitrogen and oxygen atoms in total. The normalized spacial score (nSPS) is 13.2. The minimum absolute atomic E-state index is 0.198. The summed E-state index contributed by atoms with van der Waals surface area (Å²) in [5, 5.41) is 7.62. The Morgan fingerprint density at radius 2 is 1.13 bits per heavy atom. The van der Waals surface area contributed by atoms with Crippen molar-refractivity contribution in [3.05, 3.63) is 192 Å². The molecule has 0 saturated heterocycles. The molecule has 0 fully saturated rings. The van der Waals surface area contributed by atoms with E-state index >= 15 is 0 Å². The Balaban J connectivity index is 1.06. The van der Waals surface area contributed by atoms with Crippen molar-refractivity contribution in [2.45, 2.75) is 19.3 Å². The first-order valence-electron chi connectivity index (χ1n) is 18.6. The topological polar surface area (TPSA) is 8.17 Å². The zero-order valence-corrected chi connectivity index (χ0v) is 31.6. The summed E-state index contributed by atoms with van der Waals surface area (Å²) >= 11 is 3.81. The Morgan fingerprint density at radius 3 is 1.93 bits per heavy atom. The largest absolute Gasteiger partial charge is 0.310 e. The fourth-order valence-corrected chi connectivity index (χ4v) is 9.67. The monoisotopic (exact) mass is 754 g/mol. The summed E-state index contributed by atoms with van der Waals surface area (Å²) in [4.78, 5) is 2.41. The zero-order valence-electron chi connectivity index (χ0n) is 30.0. The molecule has 11 rings (SSSR count). The maximum atomic E-state index is 3.81. The molecular formula is C51H35BrN2. The van der Waals surface area contributed by atoms with Crippen LogP contribution in [0.25, 0.3) is 71.3 Å². The van der Waals surface area contributed by atoms with E-state index in [4.69, 9.17) is 0 Å². The van der Waals surface area contributed by atoms with Crippen LogP contribution in [0, 0.1) is 0 Å². The van der Waals surface area contributed by atoms with E-state index in [0.29, 0.717) is 0 Å². The molecule has 0 aliphatic heterocycles. The van der Waals surface area contributed by atoms with Gasteiger partial charge in [0.1, 0.15) is 0 Å². The molecule has 1 heterocycles. The van der Waals surface area contributed by atoms with Crippen molar-refractivity contribution in [2.24, 2.45) is 0 Å². The van der Waals surface area contributed by atoms with Gasteiger partial charge in [-0.15, -0.1) is 0 Å². The number of para-hydroxylation sites is 2. The molecule has 1 aliphatic rings. The van der Waals surface area contributed by atoms with Gasteiger partial charge >= 0.3 is 0 Å². The Hall–Kier alpha value is -6.16. The standard InChI is InChI=1S/C51H35BrN2/c1-51(2)44-28-33(36-26-34-20-21-35-27-37(52)30-48-50(35)49(34)47(29-36)54(48)39-16-7-4-8-17-39)22-24-42(44)43-25-23-40(31-45(43)51)53(38-14-5-3-6-15-38)46-19-11-13-32-12-9-10-18-41(32)46/h3-31H,1-2H3. The lowest BCUT2D eigenvalue weighted by Gasteiger charge is -2.29. The third-order valence-corrected chi connectivity index (χ3v) is 12.2. The van der Waals surface area contributed by atoms with Gasteiger partial charge in [0.15, 0.2) is 0 Å². The van der Waals surface area contributed by atoms with E-state index in [1.165, 1.54) is 88.1 Å². The SMILES string of the molecule is CC1(C)c2cc(-c3cc4ccc5cc(Br)cc6c5c4c(c3)n6-c3ccccc3)ccc2-c2ccc(N(c3ccccc3)c3cccc4ccccc34)cc21. The van der Waals surface area contributed by atoms with E-state index in [0.717, 1.165) is 15.8 Å². The summed E-state index contributed by atoms with van der Waals surface area (Å²) in [6.45, 7) is 4.77. The van der Waals surface area contributed by atoms with Crippen molar-refractivity contribution in [1.29, 1.82) is 0 Å². The van der Waals surface area contributed by atoms with Crippen molar-refractivity contribution in [1.82, 2.24) is 4.57 Å². The van der Waals surface area contributed by atoms with Gasteiger partial charge in [-0.25, -0.2) is 0 Å². The Bertz CT molecular complexity index is 3080. The molecule has 9 aromatic carbocycles. The minimum atomic E-state index is -0.198. The van der Waals surface area contributed by atoms with Gasteiger partial charge in [-0.3, -0.25) is 0 Å². The van der Waals surface area contributed by atoms with Crippen molar-refractivity contribution in [3.63, 3.8) is 0 Å². The molecule has 1 aromatic heterocycles. The highest BCUT2D eigenvalue weighted by Gasteiger charge is 2.36. The number of benzene rings is 9. The van der Waals surface area contributed by atoms with Gasteiger partial charge in [0.05, 0.1) is 16.7 Å². The van der Waals surface area contributed by atoms with Gasteiger partial charge in [-0.05, 0) is 122 Å². The number of nitrogens with zero attached hydrogens (tertiary/aromatic N) is 2. The van der Waals surface area contributed by atoms with Gasteiger partial charge < -0.3 is 9.47 Å². The zero-order chi connectivity index (χ0) is 36.1. The molecule has 0 radical (unpaired) electrons. The van der Waals surface area contributed by atoms with Gasteiger partial charge in [0.2, 0.25) is 0 Å². The molecule has 10 aromatic rings. The Morgan fingerprint density at radius 1 is 0.481 bits per heavy atom. The number of halogens is 1. The van der Waals surface area contributed by atoms with E-state index in [1.54, 1.807) is 0 Å². The summed E-state index contributed by atoms with van der Waals surface area (Å²) < 4.78 is 3.52. The molecule has 0 bridgehead atoms. The third-order valence-electron chi connectivity index (χ3n) is 11.7.